The van der Waals surface area contributed by atoms with E-state index < -0.39 is 52.8 Å². The number of methoxy groups -OCH3 is 1. The normalized spacial score (nSPS) is 11.3. The van der Waals surface area contributed by atoms with E-state index in [-0.39, 0.29) is 24.0 Å². The summed E-state index contributed by atoms with van der Waals surface area (Å²) in [5.41, 5.74) is -0.922. The minimum Gasteiger partial charge on any atom is -0.495 e. The molecule has 186 valence electrons. The summed E-state index contributed by atoms with van der Waals surface area (Å²) in [7, 11) is -7.98. The first-order valence-electron chi connectivity index (χ1n) is 9.35. The zero-order valence-electron chi connectivity index (χ0n) is 17.8. The number of rotatable bonds is 7. The topological polar surface area (TPSA) is 149 Å². The molecule has 0 aromatic heterocycles. The van der Waals surface area contributed by atoms with Crippen LogP contribution in [0.1, 0.15) is 11.1 Å². The number of hydrogen-bond donors (Lipinski definition) is 2. The second kappa shape index (κ2) is 10.7. The summed E-state index contributed by atoms with van der Waals surface area (Å²) in [5.74, 6) is -2.27. The average Bonchev–Trinajstić information content (AvgIpc) is 2.82. The molecule has 0 heterocycles. The van der Waals surface area contributed by atoms with E-state index in [0.717, 1.165) is 37.4 Å². The standard InChI is InChI=1S/C21H12F2I2N4O5S2/c1-34-18-3-2-13(35(30,31)28-20-14(22)4-11(9-26)6-16(20)24)8-19(18)36(32,33)29-21-15(23)5-12(10-27)7-17(21)25/h2-8,28-29H,1H3. The lowest BCUT2D eigenvalue weighted by Gasteiger charge is -2.16. The molecule has 36 heavy (non-hydrogen) atoms. The third kappa shape index (κ3) is 5.80. The molecule has 0 spiro atoms. The van der Waals surface area contributed by atoms with Gasteiger partial charge in [-0.25, -0.2) is 25.6 Å². The van der Waals surface area contributed by atoms with E-state index >= 15 is 0 Å². The molecule has 3 aromatic carbocycles. The highest BCUT2D eigenvalue weighted by Gasteiger charge is 2.27. The van der Waals surface area contributed by atoms with Gasteiger partial charge in [-0.2, -0.15) is 10.5 Å². The van der Waals surface area contributed by atoms with Crippen molar-refractivity contribution < 1.29 is 30.4 Å². The fraction of sp³-hybridized carbons (Fsp3) is 0.0476. The molecule has 0 unspecified atom stereocenters. The van der Waals surface area contributed by atoms with E-state index in [0.29, 0.717) is 0 Å². The highest BCUT2D eigenvalue weighted by Crippen LogP contribution is 2.33. The predicted octanol–water partition coefficient (Wildman–Crippen LogP) is 4.53. The molecule has 15 heteroatoms. The lowest BCUT2D eigenvalue weighted by molar-refractivity contribution is 0.402. The van der Waals surface area contributed by atoms with E-state index in [4.69, 9.17) is 15.3 Å². The molecular formula is C21H12F2I2N4O5S2. The fourth-order valence-electron chi connectivity index (χ4n) is 2.89. The Bertz CT molecular complexity index is 1640. The number of halogens is 4. The van der Waals surface area contributed by atoms with Crippen molar-refractivity contribution in [3.05, 3.63) is 72.4 Å². The number of nitrogens with zero attached hydrogens (tertiary/aromatic N) is 2. The quantitative estimate of drug-likeness (QED) is 0.337. The Morgan fingerprint density at radius 2 is 1.28 bits per heavy atom. The van der Waals surface area contributed by atoms with Crippen molar-refractivity contribution in [2.75, 3.05) is 16.6 Å². The van der Waals surface area contributed by atoms with Gasteiger partial charge < -0.3 is 4.74 Å². The summed E-state index contributed by atoms with van der Waals surface area (Å²) < 4.78 is 90.5. The number of ether oxygens (including phenoxy) is 1. The summed E-state index contributed by atoms with van der Waals surface area (Å²) in [4.78, 5) is -1.19. The second-order valence-corrected chi connectivity index (χ2v) is 12.5. The Morgan fingerprint density at radius 3 is 1.69 bits per heavy atom. The van der Waals surface area contributed by atoms with Crippen LogP contribution in [0.4, 0.5) is 20.2 Å². The van der Waals surface area contributed by atoms with Crippen LogP contribution in [0.5, 0.6) is 5.75 Å². The number of sulfonamides is 2. The zero-order valence-corrected chi connectivity index (χ0v) is 23.8. The summed E-state index contributed by atoms with van der Waals surface area (Å²) in [6.07, 6.45) is 0. The largest absolute Gasteiger partial charge is 0.495 e. The van der Waals surface area contributed by atoms with Crippen LogP contribution in [0.15, 0.2) is 52.3 Å². The van der Waals surface area contributed by atoms with Crippen molar-refractivity contribution in [2.24, 2.45) is 0 Å². The Labute approximate surface area is 232 Å². The fourth-order valence-corrected chi connectivity index (χ4v) is 7.18. The first-order valence-corrected chi connectivity index (χ1v) is 14.5. The van der Waals surface area contributed by atoms with Gasteiger partial charge in [0.1, 0.15) is 22.3 Å². The molecule has 0 fully saturated rings. The van der Waals surface area contributed by atoms with E-state index in [9.17, 15) is 25.6 Å². The average molecular weight is 756 g/mol. The summed E-state index contributed by atoms with van der Waals surface area (Å²) in [6, 6.07) is 10.6. The number of hydrogen-bond acceptors (Lipinski definition) is 7. The van der Waals surface area contributed by atoms with Crippen LogP contribution in [0.25, 0.3) is 0 Å². The molecule has 0 aliphatic rings. The van der Waals surface area contributed by atoms with Crippen LogP contribution in [0, 0.1) is 41.4 Å². The van der Waals surface area contributed by atoms with Gasteiger partial charge in [0.2, 0.25) is 0 Å². The van der Waals surface area contributed by atoms with Crippen LogP contribution >= 0.6 is 45.2 Å². The Kier molecular flexibility index (Phi) is 8.28. The molecule has 0 aliphatic heterocycles. The van der Waals surface area contributed by atoms with Crippen molar-refractivity contribution in [1.29, 1.82) is 10.5 Å². The zero-order chi connectivity index (χ0) is 26.8. The third-order valence-electron chi connectivity index (χ3n) is 4.55. The van der Waals surface area contributed by atoms with E-state index in [1.807, 2.05) is 4.72 Å². The molecule has 0 saturated heterocycles. The van der Waals surface area contributed by atoms with E-state index in [1.165, 1.54) is 12.1 Å². The van der Waals surface area contributed by atoms with Gasteiger partial charge in [0, 0.05) is 7.14 Å². The molecule has 3 rings (SSSR count). The monoisotopic (exact) mass is 756 g/mol. The van der Waals surface area contributed by atoms with Crippen molar-refractivity contribution >= 4 is 76.6 Å². The van der Waals surface area contributed by atoms with Gasteiger partial charge in [0.15, 0.2) is 0 Å². The highest BCUT2D eigenvalue weighted by molar-refractivity contribution is 14.1. The highest BCUT2D eigenvalue weighted by atomic mass is 127. The van der Waals surface area contributed by atoms with E-state index in [1.54, 1.807) is 57.3 Å². The molecule has 0 atom stereocenters. The molecular weight excluding hydrogens is 744 g/mol. The predicted molar refractivity (Wildman–Crippen MR) is 142 cm³/mol. The maximum atomic E-state index is 14.5. The summed E-state index contributed by atoms with van der Waals surface area (Å²) >= 11 is 3.29. The Balaban J connectivity index is 2.07. The van der Waals surface area contributed by atoms with Crippen molar-refractivity contribution in [3.8, 4) is 17.9 Å². The molecule has 2 N–H and O–H groups in total. The van der Waals surface area contributed by atoms with Gasteiger partial charge in [-0.3, -0.25) is 9.44 Å². The first-order chi connectivity index (χ1) is 16.8. The lowest BCUT2D eigenvalue weighted by Crippen LogP contribution is -2.19. The number of nitrogens with one attached hydrogen (secondary N) is 2. The Hall–Kier alpha value is -2.74. The first kappa shape index (κ1) is 27.8. The van der Waals surface area contributed by atoms with Gasteiger partial charge in [0.25, 0.3) is 20.0 Å². The van der Waals surface area contributed by atoms with Crippen LogP contribution < -0.4 is 14.2 Å². The molecule has 0 radical (unpaired) electrons. The van der Waals surface area contributed by atoms with Gasteiger partial charge in [0.05, 0.1) is 46.6 Å². The van der Waals surface area contributed by atoms with Crippen LogP contribution in [0.2, 0.25) is 0 Å². The molecule has 9 nitrogen and oxygen atoms in total. The van der Waals surface area contributed by atoms with Gasteiger partial charge in [-0.15, -0.1) is 0 Å². The number of benzene rings is 3. The molecule has 0 aliphatic carbocycles. The van der Waals surface area contributed by atoms with Gasteiger partial charge in [-0.1, -0.05) is 0 Å². The second-order valence-electron chi connectivity index (χ2n) is 6.88. The lowest BCUT2D eigenvalue weighted by atomic mass is 10.2. The smallest absolute Gasteiger partial charge is 0.265 e. The van der Waals surface area contributed by atoms with Crippen LogP contribution in [0.3, 0.4) is 0 Å². The Morgan fingerprint density at radius 1 is 0.806 bits per heavy atom. The molecule has 0 amide bonds. The molecule has 3 aromatic rings. The van der Waals surface area contributed by atoms with Crippen LogP contribution in [-0.4, -0.2) is 23.9 Å². The number of nitriles is 2. The van der Waals surface area contributed by atoms with Gasteiger partial charge >= 0.3 is 0 Å². The van der Waals surface area contributed by atoms with Gasteiger partial charge in [-0.05, 0) is 87.6 Å². The molecule has 0 saturated carbocycles. The van der Waals surface area contributed by atoms with Crippen LogP contribution in [-0.2, 0) is 20.0 Å². The van der Waals surface area contributed by atoms with Crippen molar-refractivity contribution in [2.45, 2.75) is 9.79 Å². The maximum Gasteiger partial charge on any atom is 0.265 e. The SMILES string of the molecule is COc1ccc(S(=O)(=O)Nc2c(F)cc(C#N)cc2I)cc1S(=O)(=O)Nc1c(F)cc(C#N)cc1I. The summed E-state index contributed by atoms with van der Waals surface area (Å²) in [6.45, 7) is 0. The van der Waals surface area contributed by atoms with Crippen molar-refractivity contribution in [1.82, 2.24) is 0 Å². The number of anilines is 2. The molecule has 0 bridgehead atoms. The maximum absolute atomic E-state index is 14.5. The minimum absolute atomic E-state index is 0.0200. The van der Waals surface area contributed by atoms with E-state index in [2.05, 4.69) is 4.72 Å². The summed E-state index contributed by atoms with van der Waals surface area (Å²) in [5, 5.41) is 17.9. The third-order valence-corrected chi connectivity index (χ3v) is 8.97. The minimum atomic E-state index is -4.61. The van der Waals surface area contributed by atoms with Crippen molar-refractivity contribution in [3.63, 3.8) is 0 Å².